The molecule has 0 bridgehead atoms. The van der Waals surface area contributed by atoms with Crippen LogP contribution in [0.15, 0.2) is 96.0 Å². The summed E-state index contributed by atoms with van der Waals surface area (Å²) >= 11 is 0. The smallest absolute Gasteiger partial charge is 0.243 e. The van der Waals surface area contributed by atoms with E-state index < -0.39 is 78.1 Å². The third-order valence-corrected chi connectivity index (χ3v) is 10.9. The monoisotopic (exact) mass is 881 g/mol. The Kier molecular flexibility index (Phi) is 20.7. The summed E-state index contributed by atoms with van der Waals surface area (Å²) in [5.74, 6) is -4.67. The molecule has 0 aliphatic heterocycles. The van der Waals surface area contributed by atoms with Crippen LogP contribution in [-0.4, -0.2) is 97.2 Å². The summed E-state index contributed by atoms with van der Waals surface area (Å²) in [7, 11) is 0. The molecule has 3 aromatic carbocycles. The van der Waals surface area contributed by atoms with E-state index in [2.05, 4.69) is 36.9 Å². The first-order chi connectivity index (χ1) is 30.8. The molecule has 5 atom stereocenters. The Morgan fingerprint density at radius 1 is 0.547 bits per heavy atom. The number of nitrogens with two attached hydrogens (primary N) is 4. The fraction of sp³-hybridized carbons (Fsp3) is 0.435. The molecule has 64 heavy (non-hydrogen) atoms. The lowest BCUT2D eigenvalue weighted by Gasteiger charge is -2.30. The van der Waals surface area contributed by atoms with Gasteiger partial charge < -0.3 is 54.8 Å². The van der Waals surface area contributed by atoms with Gasteiger partial charge in [0.15, 0.2) is 5.96 Å². The quantitative estimate of drug-likeness (QED) is 0.0302. The summed E-state index contributed by atoms with van der Waals surface area (Å²) in [5, 5.41) is 16.3. The Balaban J connectivity index is 1.61. The normalized spacial score (nSPS) is 14.8. The van der Waals surface area contributed by atoms with E-state index in [9.17, 15) is 33.6 Å². The topological polar surface area (TPSA) is 308 Å². The van der Waals surface area contributed by atoms with E-state index in [1.54, 1.807) is 72.8 Å². The molecule has 0 spiro atoms. The fourth-order valence-electron chi connectivity index (χ4n) is 7.54. The molecule has 1 saturated carbocycles. The average Bonchev–Trinajstić information content (AvgIpc) is 3.29. The van der Waals surface area contributed by atoms with Crippen molar-refractivity contribution in [1.29, 1.82) is 0 Å². The average molecular weight is 882 g/mol. The van der Waals surface area contributed by atoms with Crippen LogP contribution in [0.4, 0.5) is 0 Å². The van der Waals surface area contributed by atoms with Crippen LogP contribution in [0, 0.1) is 5.92 Å². The summed E-state index contributed by atoms with van der Waals surface area (Å²) in [4.78, 5) is 98.3. The highest BCUT2D eigenvalue weighted by Crippen LogP contribution is 2.27. The number of nitrogens with zero attached hydrogens (tertiary/aromatic N) is 1. The Bertz CT molecular complexity index is 2010. The maximum atomic E-state index is 14.5. The van der Waals surface area contributed by atoms with Gasteiger partial charge in [-0.3, -0.25) is 38.6 Å². The molecule has 344 valence electrons. The first-order valence-corrected chi connectivity index (χ1v) is 21.7. The van der Waals surface area contributed by atoms with Crippen molar-refractivity contribution in [3.05, 3.63) is 108 Å². The molecule has 7 amide bonds. The number of carbonyl (C=O) groups excluding carboxylic acids is 7. The van der Waals surface area contributed by atoms with Crippen LogP contribution < -0.4 is 54.8 Å². The van der Waals surface area contributed by atoms with Crippen molar-refractivity contribution in [2.24, 2.45) is 33.8 Å². The molecule has 0 radical (unpaired) electrons. The largest absolute Gasteiger partial charge is 0.370 e. The number of guanidine groups is 1. The molecule has 0 aromatic heterocycles. The van der Waals surface area contributed by atoms with E-state index in [1.807, 2.05) is 18.2 Å². The molecule has 1 aliphatic carbocycles. The summed E-state index contributed by atoms with van der Waals surface area (Å²) in [5.41, 5.74) is 24.3. The summed E-state index contributed by atoms with van der Waals surface area (Å²) in [6.07, 6.45) is 5.45. The second kappa shape index (κ2) is 26.6. The molecule has 1 aliphatic rings. The van der Waals surface area contributed by atoms with Crippen LogP contribution in [0.2, 0.25) is 0 Å². The van der Waals surface area contributed by atoms with Crippen molar-refractivity contribution in [3.63, 3.8) is 0 Å². The third-order valence-electron chi connectivity index (χ3n) is 10.9. The van der Waals surface area contributed by atoms with E-state index in [0.29, 0.717) is 5.56 Å². The fourth-order valence-corrected chi connectivity index (χ4v) is 7.54. The van der Waals surface area contributed by atoms with Gasteiger partial charge in [0.05, 0.1) is 13.1 Å². The molecule has 4 rings (SSSR count). The minimum atomic E-state index is -1.24. The number of nitrogens with one attached hydrogen (secondary N) is 6. The minimum absolute atomic E-state index is 0.0178. The second-order valence-corrected chi connectivity index (χ2v) is 16.0. The van der Waals surface area contributed by atoms with Gasteiger partial charge in [0, 0.05) is 25.8 Å². The van der Waals surface area contributed by atoms with E-state index in [1.165, 1.54) is 0 Å². The highest BCUT2D eigenvalue weighted by atomic mass is 16.2. The van der Waals surface area contributed by atoms with Crippen molar-refractivity contribution < 1.29 is 33.6 Å². The standard InChI is InChI=1S/C46H63N11O7/c47-28-39(58)52-29-40(59)53-36(25-31-16-7-2-8-17-31)43(62)56-38(27-33-20-11-4-12-21-33)45(64)57-37(26-32-18-9-3-10-19-32)44(63)54-34(22-13-23-51-46(49)50)42(61)55-35(41(48)60)24-30-14-5-1-6-15-30/h1-3,5-10,14-19,33-38H,4,11-13,20-29,47H2,(H2,48,60)(H,52,58)(H,53,59)(H,54,63)(H,55,61)(H,56,62)(H,57,64)(H4,49,50,51)/t34-,35-,36-,37-,38-/m0/s1. The molecule has 18 nitrogen and oxygen atoms in total. The molecule has 0 unspecified atom stereocenters. The van der Waals surface area contributed by atoms with Crippen LogP contribution in [0.1, 0.15) is 68.1 Å². The zero-order valence-electron chi connectivity index (χ0n) is 36.1. The molecular formula is C46H63N11O7. The highest BCUT2D eigenvalue weighted by molar-refractivity contribution is 5.97. The van der Waals surface area contributed by atoms with Crippen molar-refractivity contribution >= 4 is 47.3 Å². The molecule has 3 aromatic rings. The van der Waals surface area contributed by atoms with Gasteiger partial charge in [-0.15, -0.1) is 0 Å². The number of primary amides is 1. The summed E-state index contributed by atoms with van der Waals surface area (Å²) < 4.78 is 0. The van der Waals surface area contributed by atoms with Crippen LogP contribution in [0.25, 0.3) is 0 Å². The zero-order valence-corrected chi connectivity index (χ0v) is 36.1. The van der Waals surface area contributed by atoms with Gasteiger partial charge in [-0.1, -0.05) is 123 Å². The Morgan fingerprint density at radius 3 is 1.48 bits per heavy atom. The first kappa shape index (κ1) is 49.8. The zero-order chi connectivity index (χ0) is 46.3. The number of aliphatic imine (C=N–C) groups is 1. The molecular weight excluding hydrogens is 819 g/mol. The van der Waals surface area contributed by atoms with Crippen LogP contribution >= 0.6 is 0 Å². The number of hydrogen-bond donors (Lipinski definition) is 10. The van der Waals surface area contributed by atoms with Crippen molar-refractivity contribution in [3.8, 4) is 0 Å². The predicted molar refractivity (Wildman–Crippen MR) is 242 cm³/mol. The maximum Gasteiger partial charge on any atom is 0.243 e. The number of carbonyl (C=O) groups is 7. The third kappa shape index (κ3) is 17.9. The second-order valence-electron chi connectivity index (χ2n) is 16.0. The van der Waals surface area contributed by atoms with Gasteiger partial charge >= 0.3 is 0 Å². The van der Waals surface area contributed by atoms with Gasteiger partial charge in [-0.25, -0.2) is 0 Å². The maximum absolute atomic E-state index is 14.5. The van der Waals surface area contributed by atoms with E-state index in [-0.39, 0.29) is 63.5 Å². The van der Waals surface area contributed by atoms with Crippen molar-refractivity contribution in [2.75, 3.05) is 19.6 Å². The number of benzene rings is 3. The van der Waals surface area contributed by atoms with Crippen LogP contribution in [-0.2, 0) is 52.8 Å². The van der Waals surface area contributed by atoms with Crippen molar-refractivity contribution in [1.82, 2.24) is 31.9 Å². The van der Waals surface area contributed by atoms with Crippen LogP contribution in [0.5, 0.6) is 0 Å². The molecule has 0 heterocycles. The SMILES string of the molecule is NCC(=O)NCC(=O)N[C@@H](Cc1ccccc1)C(=O)N[C@@H](CC1CCCCC1)C(=O)N[C@@H](Cc1ccccc1)C(=O)N[C@@H](CCCN=C(N)N)C(=O)N[C@@H](Cc1ccccc1)C(N)=O. The van der Waals surface area contributed by atoms with Crippen LogP contribution in [0.3, 0.4) is 0 Å². The molecule has 1 fully saturated rings. The van der Waals surface area contributed by atoms with Gasteiger partial charge in [0.25, 0.3) is 0 Å². The summed E-state index contributed by atoms with van der Waals surface area (Å²) in [6.45, 7) is -0.591. The Hall–Kier alpha value is -6.82. The summed E-state index contributed by atoms with van der Waals surface area (Å²) in [6, 6.07) is 21.2. The van der Waals surface area contributed by atoms with Gasteiger partial charge in [0.2, 0.25) is 41.4 Å². The molecule has 18 heteroatoms. The van der Waals surface area contributed by atoms with Gasteiger partial charge in [-0.05, 0) is 41.9 Å². The van der Waals surface area contributed by atoms with E-state index >= 15 is 0 Å². The number of hydrogen-bond acceptors (Lipinski definition) is 9. The predicted octanol–water partition coefficient (Wildman–Crippen LogP) is -0.277. The Morgan fingerprint density at radius 2 is 0.984 bits per heavy atom. The van der Waals surface area contributed by atoms with E-state index in [0.717, 1.165) is 43.2 Å². The lowest BCUT2D eigenvalue weighted by Crippen LogP contribution is -2.60. The number of rotatable bonds is 25. The van der Waals surface area contributed by atoms with Gasteiger partial charge in [0.1, 0.15) is 30.2 Å². The first-order valence-electron chi connectivity index (χ1n) is 21.7. The molecule has 0 saturated heterocycles. The minimum Gasteiger partial charge on any atom is -0.370 e. The van der Waals surface area contributed by atoms with E-state index in [4.69, 9.17) is 22.9 Å². The van der Waals surface area contributed by atoms with Gasteiger partial charge in [-0.2, -0.15) is 0 Å². The Labute approximate surface area is 373 Å². The van der Waals surface area contributed by atoms with Crippen molar-refractivity contribution in [2.45, 2.75) is 101 Å². The highest BCUT2D eigenvalue weighted by Gasteiger charge is 2.34. The lowest BCUT2D eigenvalue weighted by atomic mass is 9.84. The number of amides is 7. The molecule has 14 N–H and O–H groups in total. The lowest BCUT2D eigenvalue weighted by molar-refractivity contribution is -0.135.